The highest BCUT2D eigenvalue weighted by Gasteiger charge is 2.17. The third-order valence-electron chi connectivity index (χ3n) is 4.53. The molecule has 0 amide bonds. The van der Waals surface area contributed by atoms with Gasteiger partial charge < -0.3 is 19.2 Å². The van der Waals surface area contributed by atoms with Gasteiger partial charge in [-0.1, -0.05) is 18.2 Å². The fraction of sp³-hybridized carbons (Fsp3) is 0.238. The molecule has 5 heteroatoms. The minimum Gasteiger partial charge on any atom is -0.469 e. The lowest BCUT2D eigenvalue weighted by molar-refractivity contribution is 0.174. The van der Waals surface area contributed by atoms with Gasteiger partial charge in [-0.25, -0.2) is 4.39 Å². The van der Waals surface area contributed by atoms with Crippen molar-refractivity contribution in [3.63, 3.8) is 0 Å². The fourth-order valence-corrected chi connectivity index (χ4v) is 3.19. The summed E-state index contributed by atoms with van der Waals surface area (Å²) in [7, 11) is 0. The molecule has 0 spiro atoms. The van der Waals surface area contributed by atoms with Crippen LogP contribution in [0.1, 0.15) is 29.2 Å². The summed E-state index contributed by atoms with van der Waals surface area (Å²) in [5.41, 5.74) is 2.19. The van der Waals surface area contributed by atoms with Crippen molar-refractivity contribution in [2.45, 2.75) is 18.9 Å². The van der Waals surface area contributed by atoms with Crippen LogP contribution in [0.5, 0.6) is 11.5 Å². The van der Waals surface area contributed by atoms with Gasteiger partial charge in [0.25, 0.3) is 0 Å². The van der Waals surface area contributed by atoms with Crippen LogP contribution in [0.4, 0.5) is 4.39 Å². The molecule has 0 aliphatic carbocycles. The normalized spacial score (nSPS) is 13.7. The molecule has 0 saturated heterocycles. The number of hydrogen-bond acceptors (Lipinski definition) is 4. The van der Waals surface area contributed by atoms with Crippen molar-refractivity contribution in [2.75, 3.05) is 13.3 Å². The molecule has 1 aliphatic heterocycles. The Kier molecular flexibility index (Phi) is 4.88. The summed E-state index contributed by atoms with van der Waals surface area (Å²) in [6, 6.07) is 16.4. The topological polar surface area (TPSA) is 43.6 Å². The first-order valence-corrected chi connectivity index (χ1v) is 8.68. The Hall–Kier alpha value is -2.79. The maximum Gasteiger partial charge on any atom is 0.231 e. The van der Waals surface area contributed by atoms with Gasteiger partial charge >= 0.3 is 0 Å². The first kappa shape index (κ1) is 16.7. The van der Waals surface area contributed by atoms with Crippen LogP contribution in [0.25, 0.3) is 0 Å². The predicted octanol–water partition coefficient (Wildman–Crippen LogP) is 4.46. The number of halogens is 1. The minimum absolute atomic E-state index is 0.0925. The number of rotatable bonds is 7. The van der Waals surface area contributed by atoms with E-state index in [0.717, 1.165) is 47.9 Å². The molecule has 0 radical (unpaired) electrons. The van der Waals surface area contributed by atoms with Crippen LogP contribution in [0.3, 0.4) is 0 Å². The van der Waals surface area contributed by atoms with Gasteiger partial charge in [-0.05, 0) is 60.5 Å². The molecule has 2 aromatic carbocycles. The van der Waals surface area contributed by atoms with Crippen molar-refractivity contribution < 1.29 is 18.3 Å². The van der Waals surface area contributed by atoms with Crippen molar-refractivity contribution >= 4 is 0 Å². The zero-order chi connectivity index (χ0) is 17.8. The molecule has 2 heterocycles. The second kappa shape index (κ2) is 7.62. The Morgan fingerprint density at radius 1 is 1.00 bits per heavy atom. The first-order chi connectivity index (χ1) is 12.8. The highest BCUT2D eigenvalue weighted by atomic mass is 19.1. The summed E-state index contributed by atoms with van der Waals surface area (Å²) >= 11 is 0. The van der Waals surface area contributed by atoms with Crippen molar-refractivity contribution in [2.24, 2.45) is 0 Å². The van der Waals surface area contributed by atoms with Crippen LogP contribution in [0.15, 0.2) is 65.3 Å². The Bertz CT molecular complexity index is 846. The van der Waals surface area contributed by atoms with Crippen LogP contribution in [-0.4, -0.2) is 13.3 Å². The molecule has 0 fully saturated rings. The van der Waals surface area contributed by atoms with E-state index in [1.165, 1.54) is 12.1 Å². The van der Waals surface area contributed by atoms with E-state index in [-0.39, 0.29) is 18.5 Å². The van der Waals surface area contributed by atoms with E-state index < -0.39 is 0 Å². The Morgan fingerprint density at radius 3 is 2.65 bits per heavy atom. The van der Waals surface area contributed by atoms with Gasteiger partial charge in [0, 0.05) is 12.5 Å². The Balaban J connectivity index is 1.37. The van der Waals surface area contributed by atoms with Crippen LogP contribution in [-0.2, 0) is 6.54 Å². The zero-order valence-corrected chi connectivity index (χ0v) is 14.3. The number of fused-ring (bicyclic) bond motifs is 1. The second-order valence-corrected chi connectivity index (χ2v) is 6.27. The third kappa shape index (κ3) is 3.73. The predicted molar refractivity (Wildman–Crippen MR) is 95.8 cm³/mol. The molecular formula is C21H20FNO3. The lowest BCUT2D eigenvalue weighted by Gasteiger charge is -2.16. The van der Waals surface area contributed by atoms with Crippen molar-refractivity contribution in [1.29, 1.82) is 0 Å². The molecule has 0 saturated carbocycles. The van der Waals surface area contributed by atoms with E-state index in [1.807, 2.05) is 42.5 Å². The van der Waals surface area contributed by atoms with E-state index in [0.29, 0.717) is 0 Å². The summed E-state index contributed by atoms with van der Waals surface area (Å²) in [6.07, 6.45) is 2.52. The number of hydrogen-bond donors (Lipinski definition) is 1. The second-order valence-electron chi connectivity index (χ2n) is 6.27. The van der Waals surface area contributed by atoms with E-state index in [4.69, 9.17) is 13.9 Å². The number of benzene rings is 2. The van der Waals surface area contributed by atoms with Crippen LogP contribution < -0.4 is 14.8 Å². The largest absolute Gasteiger partial charge is 0.469 e. The van der Waals surface area contributed by atoms with E-state index in [2.05, 4.69) is 5.32 Å². The molecule has 1 aromatic heterocycles. The Morgan fingerprint density at radius 2 is 1.85 bits per heavy atom. The monoisotopic (exact) mass is 353 g/mol. The SMILES string of the molecule is Fc1ccc([C@H](CCNCc2ccc3c(c2)OCO3)c2ccco2)cc1. The maximum atomic E-state index is 13.2. The van der Waals surface area contributed by atoms with Crippen LogP contribution in [0, 0.1) is 5.82 Å². The van der Waals surface area contributed by atoms with Crippen molar-refractivity contribution in [3.8, 4) is 11.5 Å². The number of nitrogens with one attached hydrogen (secondary N) is 1. The van der Waals surface area contributed by atoms with E-state index >= 15 is 0 Å². The smallest absolute Gasteiger partial charge is 0.231 e. The highest BCUT2D eigenvalue weighted by Crippen LogP contribution is 2.32. The zero-order valence-electron chi connectivity index (χ0n) is 14.3. The number of furan rings is 1. The van der Waals surface area contributed by atoms with Gasteiger partial charge in [0.05, 0.1) is 6.26 Å². The molecule has 4 rings (SSSR count). The standard InChI is InChI=1S/C21H20FNO3/c22-17-6-4-16(5-7-17)18(19-2-1-11-24-19)9-10-23-13-15-3-8-20-21(12-15)26-14-25-20/h1-8,11-12,18,23H,9-10,13-14H2/t18-/m0/s1. The molecule has 3 aromatic rings. The molecule has 1 N–H and O–H groups in total. The molecule has 0 bridgehead atoms. The summed E-state index contributed by atoms with van der Waals surface area (Å²) in [4.78, 5) is 0. The average molecular weight is 353 g/mol. The molecule has 1 atom stereocenters. The van der Waals surface area contributed by atoms with Crippen LogP contribution in [0.2, 0.25) is 0 Å². The third-order valence-corrected chi connectivity index (χ3v) is 4.53. The number of ether oxygens (including phenoxy) is 2. The van der Waals surface area contributed by atoms with Gasteiger partial charge in [0.15, 0.2) is 11.5 Å². The molecule has 1 aliphatic rings. The van der Waals surface area contributed by atoms with Crippen LogP contribution >= 0.6 is 0 Å². The van der Waals surface area contributed by atoms with Gasteiger partial charge in [-0.2, -0.15) is 0 Å². The van der Waals surface area contributed by atoms with E-state index in [9.17, 15) is 4.39 Å². The summed E-state index contributed by atoms with van der Waals surface area (Å²) in [6.45, 7) is 1.83. The lowest BCUT2D eigenvalue weighted by atomic mass is 9.93. The molecule has 26 heavy (non-hydrogen) atoms. The molecule has 134 valence electrons. The molecule has 0 unspecified atom stereocenters. The lowest BCUT2D eigenvalue weighted by Crippen LogP contribution is -2.17. The highest BCUT2D eigenvalue weighted by molar-refractivity contribution is 5.44. The quantitative estimate of drug-likeness (QED) is 0.637. The van der Waals surface area contributed by atoms with Gasteiger partial charge in [-0.3, -0.25) is 0 Å². The van der Waals surface area contributed by atoms with E-state index in [1.54, 1.807) is 6.26 Å². The van der Waals surface area contributed by atoms with Gasteiger partial charge in [0.1, 0.15) is 11.6 Å². The fourth-order valence-electron chi connectivity index (χ4n) is 3.19. The average Bonchev–Trinajstić information content (AvgIpc) is 3.34. The van der Waals surface area contributed by atoms with Crippen molar-refractivity contribution in [1.82, 2.24) is 5.32 Å². The maximum absolute atomic E-state index is 13.2. The summed E-state index contributed by atoms with van der Waals surface area (Å²) < 4.78 is 29.6. The molecular weight excluding hydrogens is 333 g/mol. The molecule has 4 nitrogen and oxygen atoms in total. The minimum atomic E-state index is -0.229. The van der Waals surface area contributed by atoms with Crippen molar-refractivity contribution in [3.05, 3.63) is 83.6 Å². The summed E-state index contributed by atoms with van der Waals surface area (Å²) in [5.74, 6) is 2.34. The Labute approximate surface area is 151 Å². The first-order valence-electron chi connectivity index (χ1n) is 8.68. The summed E-state index contributed by atoms with van der Waals surface area (Å²) in [5, 5.41) is 3.45. The van der Waals surface area contributed by atoms with Gasteiger partial charge in [-0.15, -0.1) is 0 Å². The van der Waals surface area contributed by atoms with Gasteiger partial charge in [0.2, 0.25) is 6.79 Å².